The van der Waals surface area contributed by atoms with Gasteiger partial charge in [-0.3, -0.25) is 14.9 Å². The zero-order valence-electron chi connectivity index (χ0n) is 25.7. The number of nitrogens with one attached hydrogen (secondary N) is 2. The van der Waals surface area contributed by atoms with E-state index in [4.69, 9.17) is 29.4 Å². The summed E-state index contributed by atoms with van der Waals surface area (Å²) >= 11 is 0. The van der Waals surface area contributed by atoms with Crippen LogP contribution in [0, 0.1) is 0 Å². The first-order valence-corrected chi connectivity index (χ1v) is 15.1. The first-order chi connectivity index (χ1) is 20.9. The highest BCUT2D eigenvalue weighted by molar-refractivity contribution is 5.89. The molecular weight excluding hydrogens is 542 g/mol. The molecule has 0 radical (unpaired) electrons. The van der Waals surface area contributed by atoms with Crippen molar-refractivity contribution >= 4 is 22.8 Å². The third-order valence-corrected chi connectivity index (χ3v) is 8.06. The average molecular weight is 586 g/mol. The Balaban J connectivity index is 1.46. The van der Waals surface area contributed by atoms with E-state index in [2.05, 4.69) is 34.6 Å². The van der Waals surface area contributed by atoms with Crippen molar-refractivity contribution in [3.63, 3.8) is 0 Å². The SMILES string of the molecule is CCCCC(C)(CO)Nc1nc(NCc2ccc(OC)cc2OC)nc2cc(-c3ccc(CN4CCCC4)nc3)cnc12. The van der Waals surface area contributed by atoms with Crippen LogP contribution in [0.2, 0.25) is 0 Å². The zero-order valence-corrected chi connectivity index (χ0v) is 25.7. The molecule has 228 valence electrons. The van der Waals surface area contributed by atoms with Gasteiger partial charge in [0.25, 0.3) is 0 Å². The smallest absolute Gasteiger partial charge is 0.225 e. The molecule has 10 heteroatoms. The van der Waals surface area contributed by atoms with Gasteiger partial charge < -0.3 is 25.2 Å². The maximum atomic E-state index is 10.3. The molecule has 0 aliphatic carbocycles. The average Bonchev–Trinajstić information content (AvgIpc) is 3.56. The summed E-state index contributed by atoms with van der Waals surface area (Å²) in [4.78, 5) is 21.7. The first kappa shape index (κ1) is 30.4. The molecule has 10 nitrogen and oxygen atoms in total. The van der Waals surface area contributed by atoms with E-state index in [1.807, 2.05) is 43.6 Å². The molecule has 1 fully saturated rings. The lowest BCUT2D eigenvalue weighted by Crippen LogP contribution is -2.39. The Morgan fingerprint density at radius 1 is 0.977 bits per heavy atom. The highest BCUT2D eigenvalue weighted by Gasteiger charge is 2.25. The summed E-state index contributed by atoms with van der Waals surface area (Å²) in [7, 11) is 3.27. The van der Waals surface area contributed by atoms with Crippen LogP contribution in [0.5, 0.6) is 11.5 Å². The van der Waals surface area contributed by atoms with Gasteiger partial charge in [-0.05, 0) is 63.5 Å². The molecule has 1 aromatic carbocycles. The molecule has 1 atom stereocenters. The third-order valence-electron chi connectivity index (χ3n) is 8.06. The lowest BCUT2D eigenvalue weighted by molar-refractivity contribution is 0.212. The van der Waals surface area contributed by atoms with Gasteiger partial charge in [-0.2, -0.15) is 4.98 Å². The number of likely N-dealkylation sites (tertiary alicyclic amines) is 1. The van der Waals surface area contributed by atoms with E-state index in [0.29, 0.717) is 35.1 Å². The van der Waals surface area contributed by atoms with Crippen molar-refractivity contribution in [2.24, 2.45) is 0 Å². The summed E-state index contributed by atoms with van der Waals surface area (Å²) in [5.41, 5.74) is 4.70. The number of rotatable bonds is 14. The topological polar surface area (TPSA) is 118 Å². The number of benzene rings is 1. The molecule has 1 unspecified atom stereocenters. The molecule has 0 saturated carbocycles. The predicted molar refractivity (Wildman–Crippen MR) is 171 cm³/mol. The minimum absolute atomic E-state index is 0.0299. The Hall–Kier alpha value is -4.02. The molecule has 1 saturated heterocycles. The summed E-state index contributed by atoms with van der Waals surface area (Å²) in [6.45, 7) is 7.74. The largest absolute Gasteiger partial charge is 0.497 e. The van der Waals surface area contributed by atoms with Gasteiger partial charge in [0.1, 0.15) is 17.0 Å². The number of aliphatic hydroxyl groups is 1. The molecule has 0 amide bonds. The van der Waals surface area contributed by atoms with Gasteiger partial charge in [0.05, 0.1) is 37.6 Å². The van der Waals surface area contributed by atoms with Crippen LogP contribution in [0.3, 0.4) is 0 Å². The maximum absolute atomic E-state index is 10.3. The number of nitrogens with zero attached hydrogens (tertiary/aromatic N) is 5. The van der Waals surface area contributed by atoms with Crippen LogP contribution in [0.25, 0.3) is 22.2 Å². The van der Waals surface area contributed by atoms with Crippen LogP contribution in [-0.2, 0) is 13.1 Å². The summed E-state index contributed by atoms with van der Waals surface area (Å²) in [5, 5.41) is 17.2. The van der Waals surface area contributed by atoms with Crippen LogP contribution < -0.4 is 20.1 Å². The summed E-state index contributed by atoms with van der Waals surface area (Å²) < 4.78 is 10.9. The number of aromatic nitrogens is 4. The molecule has 43 heavy (non-hydrogen) atoms. The number of fused-ring (bicyclic) bond motifs is 1. The van der Waals surface area contributed by atoms with E-state index in [0.717, 1.165) is 67.0 Å². The fourth-order valence-corrected chi connectivity index (χ4v) is 5.41. The molecule has 0 bridgehead atoms. The van der Waals surface area contributed by atoms with Crippen molar-refractivity contribution in [1.82, 2.24) is 24.8 Å². The Morgan fingerprint density at radius 3 is 2.49 bits per heavy atom. The summed E-state index contributed by atoms with van der Waals surface area (Å²) in [6.07, 6.45) is 9.09. The van der Waals surface area contributed by atoms with Gasteiger partial charge in [0.2, 0.25) is 5.95 Å². The Labute approximate surface area is 253 Å². The number of hydrogen-bond donors (Lipinski definition) is 3. The highest BCUT2D eigenvalue weighted by atomic mass is 16.5. The van der Waals surface area contributed by atoms with Crippen LogP contribution in [0.15, 0.2) is 48.8 Å². The summed E-state index contributed by atoms with van der Waals surface area (Å²) in [6, 6.07) is 11.9. The zero-order chi connectivity index (χ0) is 30.2. The number of ether oxygens (including phenoxy) is 2. The van der Waals surface area contributed by atoms with Crippen molar-refractivity contribution in [1.29, 1.82) is 0 Å². The van der Waals surface area contributed by atoms with E-state index >= 15 is 0 Å². The van der Waals surface area contributed by atoms with Crippen molar-refractivity contribution < 1.29 is 14.6 Å². The van der Waals surface area contributed by atoms with Crippen LogP contribution in [-0.4, -0.2) is 69.4 Å². The molecule has 0 spiro atoms. The van der Waals surface area contributed by atoms with Gasteiger partial charge in [-0.25, -0.2) is 4.98 Å². The van der Waals surface area contributed by atoms with Gasteiger partial charge in [-0.15, -0.1) is 0 Å². The molecule has 4 aromatic rings. The number of pyridine rings is 2. The van der Waals surface area contributed by atoms with E-state index in [-0.39, 0.29) is 6.61 Å². The van der Waals surface area contributed by atoms with E-state index in [1.54, 1.807) is 14.2 Å². The normalized spacial score (nSPS) is 14.9. The second-order valence-corrected chi connectivity index (χ2v) is 11.5. The molecule has 3 N–H and O–H groups in total. The van der Waals surface area contributed by atoms with Gasteiger partial charge in [0.15, 0.2) is 5.82 Å². The predicted octanol–water partition coefficient (Wildman–Crippen LogP) is 5.67. The highest BCUT2D eigenvalue weighted by Crippen LogP contribution is 2.30. The van der Waals surface area contributed by atoms with Gasteiger partial charge >= 0.3 is 0 Å². The Morgan fingerprint density at radius 2 is 1.79 bits per heavy atom. The fourth-order valence-electron chi connectivity index (χ4n) is 5.41. The molecule has 3 aromatic heterocycles. The number of anilines is 2. The lowest BCUT2D eigenvalue weighted by Gasteiger charge is -2.29. The van der Waals surface area contributed by atoms with Crippen LogP contribution in [0.4, 0.5) is 11.8 Å². The van der Waals surface area contributed by atoms with Crippen molar-refractivity contribution in [3.8, 4) is 22.6 Å². The lowest BCUT2D eigenvalue weighted by atomic mass is 9.96. The van der Waals surface area contributed by atoms with Crippen molar-refractivity contribution in [2.45, 2.75) is 64.6 Å². The molecular formula is C33H43N7O3. The molecule has 5 rings (SSSR count). The minimum Gasteiger partial charge on any atom is -0.497 e. The fraction of sp³-hybridized carbons (Fsp3) is 0.455. The van der Waals surface area contributed by atoms with Crippen LogP contribution in [0.1, 0.15) is 57.2 Å². The van der Waals surface area contributed by atoms with Gasteiger partial charge in [0, 0.05) is 48.2 Å². The number of hydrogen-bond acceptors (Lipinski definition) is 10. The molecule has 1 aliphatic heterocycles. The minimum atomic E-state index is -0.552. The first-order valence-electron chi connectivity index (χ1n) is 15.1. The van der Waals surface area contributed by atoms with Crippen LogP contribution >= 0.6 is 0 Å². The second-order valence-electron chi connectivity index (χ2n) is 11.5. The quantitative estimate of drug-likeness (QED) is 0.171. The van der Waals surface area contributed by atoms with E-state index < -0.39 is 5.54 Å². The molecule has 4 heterocycles. The second kappa shape index (κ2) is 14.0. The number of aliphatic hydroxyl groups excluding tert-OH is 1. The Bertz CT molecular complexity index is 1510. The Kier molecular flexibility index (Phi) is 9.89. The van der Waals surface area contributed by atoms with E-state index in [9.17, 15) is 5.11 Å². The third kappa shape index (κ3) is 7.50. The number of unbranched alkanes of at least 4 members (excludes halogenated alkanes) is 1. The summed E-state index contributed by atoms with van der Waals surface area (Å²) in [5.74, 6) is 2.46. The number of methoxy groups -OCH3 is 2. The standard InChI is InChI=1S/C33H43N7O3/c1-5-6-13-33(2,22-41)39-31-30-28(37-32(38-31)36-19-24-10-12-27(42-3)17-29(24)43-4)16-25(20-35-30)23-9-11-26(34-18-23)21-40-14-7-8-15-40/h9-12,16-18,20,41H,5-8,13-15,19,21-22H2,1-4H3,(H2,36,37,38,39). The van der Waals surface area contributed by atoms with Gasteiger partial charge in [-0.1, -0.05) is 25.8 Å². The van der Waals surface area contributed by atoms with Crippen molar-refractivity contribution in [3.05, 3.63) is 60.0 Å². The maximum Gasteiger partial charge on any atom is 0.225 e. The monoisotopic (exact) mass is 585 g/mol. The van der Waals surface area contributed by atoms with E-state index in [1.165, 1.54) is 12.8 Å². The van der Waals surface area contributed by atoms with Crippen molar-refractivity contribution in [2.75, 3.05) is 44.5 Å². The molecule has 1 aliphatic rings.